The smallest absolute Gasteiger partial charge is 0.338 e. The van der Waals surface area contributed by atoms with Crippen molar-refractivity contribution < 1.29 is 13.9 Å². The van der Waals surface area contributed by atoms with Crippen LogP contribution in [-0.4, -0.2) is 17.6 Å². The maximum Gasteiger partial charge on any atom is 0.338 e. The van der Waals surface area contributed by atoms with Crippen molar-refractivity contribution in [2.24, 2.45) is 0 Å². The molecule has 0 spiro atoms. The lowest BCUT2D eigenvalue weighted by Crippen LogP contribution is -2.04. The second-order valence-electron chi connectivity index (χ2n) is 4.60. The topological polar surface area (TPSA) is 52.3 Å². The molecule has 1 aromatic heterocycles. The van der Waals surface area contributed by atoms with Crippen LogP contribution in [0.1, 0.15) is 10.4 Å². The fourth-order valence-corrected chi connectivity index (χ4v) is 2.21. The average molecular weight is 314 g/mol. The number of halogens is 1. The molecule has 0 N–H and O–H groups in total. The largest absolute Gasteiger partial charge is 0.458 e. The van der Waals surface area contributed by atoms with Crippen molar-refractivity contribution in [3.8, 4) is 11.5 Å². The van der Waals surface area contributed by atoms with Gasteiger partial charge in [0.15, 0.2) is 5.58 Å². The lowest BCUT2D eigenvalue weighted by atomic mass is 10.2. The van der Waals surface area contributed by atoms with E-state index in [9.17, 15) is 4.79 Å². The zero-order valence-corrected chi connectivity index (χ0v) is 12.3. The summed E-state index contributed by atoms with van der Waals surface area (Å²) < 4.78 is 10.7. The molecule has 3 aromatic rings. The molecule has 110 valence electrons. The number of rotatable bonds is 4. The Labute approximate surface area is 132 Å². The number of nitrogens with zero attached hydrogens (tertiary/aromatic N) is 1. The Morgan fingerprint density at radius 1 is 1.32 bits per heavy atom. The Balaban J connectivity index is 1.96. The van der Waals surface area contributed by atoms with Crippen LogP contribution < -0.4 is 0 Å². The first-order chi connectivity index (χ1) is 10.7. The standard InChI is InChI=1S/C17H12ClNO3/c1-2-8-21-17(20)12-6-7-15-14(10-12)19-16(22-15)11-4-3-5-13(18)9-11/h2-7,9-10H,1,8H2. The number of esters is 1. The lowest BCUT2D eigenvalue weighted by molar-refractivity contribution is 0.0550. The summed E-state index contributed by atoms with van der Waals surface area (Å²) in [5.41, 5.74) is 2.37. The second kappa shape index (κ2) is 6.03. The highest BCUT2D eigenvalue weighted by Gasteiger charge is 2.12. The number of hydrogen-bond donors (Lipinski definition) is 0. The maximum atomic E-state index is 11.8. The molecule has 0 atom stereocenters. The van der Waals surface area contributed by atoms with E-state index in [1.807, 2.05) is 12.1 Å². The molecule has 0 fully saturated rings. The highest BCUT2D eigenvalue weighted by molar-refractivity contribution is 6.30. The molecule has 0 amide bonds. The molecular formula is C17H12ClNO3. The van der Waals surface area contributed by atoms with E-state index in [-0.39, 0.29) is 6.61 Å². The number of carbonyl (C=O) groups is 1. The van der Waals surface area contributed by atoms with Crippen LogP contribution in [0.15, 0.2) is 59.5 Å². The molecule has 0 saturated carbocycles. The van der Waals surface area contributed by atoms with Gasteiger partial charge in [-0.05, 0) is 36.4 Å². The molecule has 0 aliphatic rings. The molecule has 2 aromatic carbocycles. The normalized spacial score (nSPS) is 10.6. The quantitative estimate of drug-likeness (QED) is 0.526. The summed E-state index contributed by atoms with van der Waals surface area (Å²) in [7, 11) is 0. The van der Waals surface area contributed by atoms with Crippen molar-refractivity contribution in [3.05, 3.63) is 65.7 Å². The van der Waals surface area contributed by atoms with Crippen LogP contribution in [0.4, 0.5) is 0 Å². The second-order valence-corrected chi connectivity index (χ2v) is 5.04. The van der Waals surface area contributed by atoms with E-state index < -0.39 is 5.97 Å². The van der Waals surface area contributed by atoms with Crippen molar-refractivity contribution in [3.63, 3.8) is 0 Å². The molecule has 3 rings (SSSR count). The number of hydrogen-bond acceptors (Lipinski definition) is 4. The number of benzene rings is 2. The Morgan fingerprint density at radius 3 is 2.95 bits per heavy atom. The molecule has 5 heteroatoms. The van der Waals surface area contributed by atoms with E-state index in [0.29, 0.717) is 27.6 Å². The van der Waals surface area contributed by atoms with E-state index in [1.165, 1.54) is 6.08 Å². The number of ether oxygens (including phenoxy) is 1. The third-order valence-corrected chi connectivity index (χ3v) is 3.26. The molecule has 4 nitrogen and oxygen atoms in total. The molecule has 22 heavy (non-hydrogen) atoms. The van der Waals surface area contributed by atoms with Crippen molar-refractivity contribution in [1.82, 2.24) is 4.98 Å². The van der Waals surface area contributed by atoms with Gasteiger partial charge in [-0.1, -0.05) is 30.3 Å². The zero-order valence-electron chi connectivity index (χ0n) is 11.6. The molecule has 0 aliphatic heterocycles. The summed E-state index contributed by atoms with van der Waals surface area (Å²) in [5.74, 6) is 0.0308. The average Bonchev–Trinajstić information content (AvgIpc) is 2.95. The summed E-state index contributed by atoms with van der Waals surface area (Å²) >= 11 is 5.97. The molecular weight excluding hydrogens is 302 g/mol. The van der Waals surface area contributed by atoms with E-state index in [0.717, 1.165) is 5.56 Å². The van der Waals surface area contributed by atoms with E-state index in [2.05, 4.69) is 11.6 Å². The zero-order chi connectivity index (χ0) is 15.5. The Bertz CT molecular complexity index is 854. The molecule has 0 bridgehead atoms. The van der Waals surface area contributed by atoms with Gasteiger partial charge in [0.05, 0.1) is 5.56 Å². The molecule has 0 saturated heterocycles. The van der Waals surface area contributed by atoms with Gasteiger partial charge >= 0.3 is 5.97 Å². The SMILES string of the molecule is C=CCOC(=O)c1ccc2oc(-c3cccc(Cl)c3)nc2c1. The van der Waals surface area contributed by atoms with Crippen LogP contribution in [0.2, 0.25) is 5.02 Å². The summed E-state index contributed by atoms with van der Waals surface area (Å²) in [4.78, 5) is 16.2. The van der Waals surface area contributed by atoms with Gasteiger partial charge in [0.1, 0.15) is 12.1 Å². The number of fused-ring (bicyclic) bond motifs is 1. The fraction of sp³-hybridized carbons (Fsp3) is 0.0588. The first kappa shape index (κ1) is 14.4. The van der Waals surface area contributed by atoms with Crippen molar-refractivity contribution in [2.75, 3.05) is 6.61 Å². The van der Waals surface area contributed by atoms with Crippen LogP contribution in [0.5, 0.6) is 0 Å². The summed E-state index contributed by atoms with van der Waals surface area (Å²) in [6.07, 6.45) is 1.52. The third kappa shape index (κ3) is 2.87. The van der Waals surface area contributed by atoms with Gasteiger partial charge in [0, 0.05) is 10.6 Å². The summed E-state index contributed by atoms with van der Waals surface area (Å²) in [6.45, 7) is 3.67. The Kier molecular flexibility index (Phi) is 3.94. The van der Waals surface area contributed by atoms with Crippen LogP contribution in [0, 0.1) is 0 Å². The fourth-order valence-electron chi connectivity index (χ4n) is 2.02. The highest BCUT2D eigenvalue weighted by atomic mass is 35.5. The van der Waals surface area contributed by atoms with Crippen LogP contribution in [-0.2, 0) is 4.74 Å². The van der Waals surface area contributed by atoms with E-state index >= 15 is 0 Å². The minimum atomic E-state index is -0.422. The van der Waals surface area contributed by atoms with Crippen molar-refractivity contribution in [1.29, 1.82) is 0 Å². The number of oxazole rings is 1. The van der Waals surface area contributed by atoms with Crippen LogP contribution in [0.25, 0.3) is 22.6 Å². The van der Waals surface area contributed by atoms with Crippen molar-refractivity contribution >= 4 is 28.7 Å². The van der Waals surface area contributed by atoms with Crippen molar-refractivity contribution in [2.45, 2.75) is 0 Å². The molecule has 0 radical (unpaired) electrons. The Morgan fingerprint density at radius 2 is 2.18 bits per heavy atom. The monoisotopic (exact) mass is 313 g/mol. The van der Waals surface area contributed by atoms with Crippen LogP contribution in [0.3, 0.4) is 0 Å². The van der Waals surface area contributed by atoms with Crippen LogP contribution >= 0.6 is 11.6 Å². The van der Waals surface area contributed by atoms with Gasteiger partial charge in [-0.15, -0.1) is 0 Å². The predicted octanol–water partition coefficient (Wildman–Crippen LogP) is 4.49. The Hall–Kier alpha value is -2.59. The van der Waals surface area contributed by atoms with Gasteiger partial charge in [-0.2, -0.15) is 0 Å². The van der Waals surface area contributed by atoms with Gasteiger partial charge in [0.2, 0.25) is 5.89 Å². The maximum absolute atomic E-state index is 11.8. The van der Waals surface area contributed by atoms with Gasteiger partial charge in [0.25, 0.3) is 0 Å². The third-order valence-electron chi connectivity index (χ3n) is 3.03. The highest BCUT2D eigenvalue weighted by Crippen LogP contribution is 2.26. The first-order valence-corrected chi connectivity index (χ1v) is 7.00. The van der Waals surface area contributed by atoms with Gasteiger partial charge in [-0.3, -0.25) is 0 Å². The first-order valence-electron chi connectivity index (χ1n) is 6.62. The molecule has 1 heterocycles. The molecule has 0 aliphatic carbocycles. The predicted molar refractivity (Wildman–Crippen MR) is 84.9 cm³/mol. The van der Waals surface area contributed by atoms with E-state index in [1.54, 1.807) is 30.3 Å². The number of aromatic nitrogens is 1. The number of carbonyl (C=O) groups excluding carboxylic acids is 1. The minimum absolute atomic E-state index is 0.170. The summed E-state index contributed by atoms with van der Waals surface area (Å²) in [5, 5.41) is 0.605. The summed E-state index contributed by atoms with van der Waals surface area (Å²) in [6, 6.07) is 12.2. The molecule has 0 unspecified atom stereocenters. The lowest BCUT2D eigenvalue weighted by Gasteiger charge is -2.00. The van der Waals surface area contributed by atoms with E-state index in [4.69, 9.17) is 20.8 Å². The van der Waals surface area contributed by atoms with Gasteiger partial charge in [-0.25, -0.2) is 9.78 Å². The minimum Gasteiger partial charge on any atom is -0.458 e. The van der Waals surface area contributed by atoms with Gasteiger partial charge < -0.3 is 9.15 Å².